The van der Waals surface area contributed by atoms with Crippen molar-refractivity contribution in [1.82, 2.24) is 0 Å². The molecule has 0 aliphatic heterocycles. The summed E-state index contributed by atoms with van der Waals surface area (Å²) in [4.78, 5) is 0. The lowest BCUT2D eigenvalue weighted by atomic mass is 9.95. The molecular formula is C16H18IN. The van der Waals surface area contributed by atoms with Crippen LogP contribution in [0, 0.1) is 0 Å². The van der Waals surface area contributed by atoms with Crippen molar-refractivity contribution < 1.29 is 0 Å². The van der Waals surface area contributed by atoms with E-state index < -0.39 is 0 Å². The molecule has 0 amide bonds. The highest BCUT2D eigenvalue weighted by Gasteiger charge is 2.22. The number of hydrogen-bond acceptors (Lipinski definition) is 1. The molecule has 18 heavy (non-hydrogen) atoms. The van der Waals surface area contributed by atoms with E-state index in [0.717, 1.165) is 3.92 Å². The molecule has 2 aromatic carbocycles. The summed E-state index contributed by atoms with van der Waals surface area (Å²) in [6.45, 7) is 0. The standard InChI is InChI=1S/C16H18IN/c17-15-7-3-4-8-16(15)18-14-10-9-12-5-1-2-6-13(12)11-14/h1-2,5-6,9-11,15-16,18H,3-4,7-8H2/t15-,16-/m1/s1. The quantitative estimate of drug-likeness (QED) is 0.593. The molecule has 1 saturated carbocycles. The van der Waals surface area contributed by atoms with Crippen LogP contribution in [-0.2, 0) is 0 Å². The fourth-order valence-electron chi connectivity index (χ4n) is 2.74. The molecule has 0 unspecified atom stereocenters. The molecule has 1 N–H and O–H groups in total. The van der Waals surface area contributed by atoms with Gasteiger partial charge in [-0.05, 0) is 35.7 Å². The summed E-state index contributed by atoms with van der Waals surface area (Å²) >= 11 is 2.60. The van der Waals surface area contributed by atoms with E-state index in [0.29, 0.717) is 6.04 Å². The number of anilines is 1. The Kier molecular flexibility index (Phi) is 3.73. The van der Waals surface area contributed by atoms with Gasteiger partial charge in [0.15, 0.2) is 0 Å². The summed E-state index contributed by atoms with van der Waals surface area (Å²) < 4.78 is 0.767. The van der Waals surface area contributed by atoms with E-state index in [4.69, 9.17) is 0 Å². The van der Waals surface area contributed by atoms with E-state index in [1.54, 1.807) is 0 Å². The summed E-state index contributed by atoms with van der Waals surface area (Å²) in [5, 5.41) is 6.36. The summed E-state index contributed by atoms with van der Waals surface area (Å²) in [6.07, 6.45) is 5.42. The summed E-state index contributed by atoms with van der Waals surface area (Å²) in [5.74, 6) is 0. The highest BCUT2D eigenvalue weighted by Crippen LogP contribution is 2.28. The maximum atomic E-state index is 3.72. The fraction of sp³-hybridized carbons (Fsp3) is 0.375. The third-order valence-corrected chi connectivity index (χ3v) is 5.27. The number of nitrogens with one attached hydrogen (secondary N) is 1. The van der Waals surface area contributed by atoms with Crippen LogP contribution in [0.1, 0.15) is 25.7 Å². The van der Waals surface area contributed by atoms with E-state index >= 15 is 0 Å². The SMILES string of the molecule is I[C@@H]1CCCC[C@H]1Nc1ccc2ccccc2c1. The lowest BCUT2D eigenvalue weighted by Gasteiger charge is -2.29. The molecule has 2 heteroatoms. The van der Waals surface area contributed by atoms with Gasteiger partial charge in [0, 0.05) is 15.7 Å². The van der Waals surface area contributed by atoms with Crippen molar-refractivity contribution in [3.63, 3.8) is 0 Å². The Labute approximate surface area is 122 Å². The van der Waals surface area contributed by atoms with Crippen molar-refractivity contribution in [2.45, 2.75) is 35.6 Å². The predicted octanol–water partition coefficient (Wildman–Crippen LogP) is 5.00. The molecule has 2 atom stereocenters. The van der Waals surface area contributed by atoms with Crippen molar-refractivity contribution in [3.8, 4) is 0 Å². The van der Waals surface area contributed by atoms with Crippen molar-refractivity contribution in [2.24, 2.45) is 0 Å². The zero-order valence-corrected chi connectivity index (χ0v) is 12.6. The minimum atomic E-state index is 0.639. The number of rotatable bonds is 2. The summed E-state index contributed by atoms with van der Waals surface area (Å²) in [7, 11) is 0. The van der Waals surface area contributed by atoms with Gasteiger partial charge in [0.05, 0.1) is 0 Å². The molecule has 94 valence electrons. The molecule has 3 rings (SSSR count). The van der Waals surface area contributed by atoms with Gasteiger partial charge in [-0.1, -0.05) is 65.8 Å². The van der Waals surface area contributed by atoms with Crippen molar-refractivity contribution in [2.75, 3.05) is 5.32 Å². The van der Waals surface area contributed by atoms with Crippen LogP contribution in [0.2, 0.25) is 0 Å². The number of hydrogen-bond donors (Lipinski definition) is 1. The van der Waals surface area contributed by atoms with Gasteiger partial charge in [-0.2, -0.15) is 0 Å². The molecule has 0 spiro atoms. The molecule has 1 aliphatic carbocycles. The lowest BCUT2D eigenvalue weighted by molar-refractivity contribution is 0.486. The van der Waals surface area contributed by atoms with Gasteiger partial charge in [0.2, 0.25) is 0 Å². The van der Waals surface area contributed by atoms with E-state index in [1.807, 2.05) is 0 Å². The molecule has 0 saturated heterocycles. The van der Waals surface area contributed by atoms with Crippen LogP contribution in [0.15, 0.2) is 42.5 Å². The Morgan fingerprint density at radius 2 is 1.72 bits per heavy atom. The highest BCUT2D eigenvalue weighted by atomic mass is 127. The van der Waals surface area contributed by atoms with E-state index in [-0.39, 0.29) is 0 Å². The average molecular weight is 351 g/mol. The van der Waals surface area contributed by atoms with Gasteiger partial charge in [-0.3, -0.25) is 0 Å². The minimum absolute atomic E-state index is 0.639. The van der Waals surface area contributed by atoms with Gasteiger partial charge in [-0.25, -0.2) is 0 Å². The highest BCUT2D eigenvalue weighted by molar-refractivity contribution is 14.1. The molecule has 0 radical (unpaired) electrons. The van der Waals surface area contributed by atoms with Crippen LogP contribution in [0.25, 0.3) is 10.8 Å². The number of benzene rings is 2. The first-order valence-corrected chi connectivity index (χ1v) is 7.97. The average Bonchev–Trinajstić information content (AvgIpc) is 2.41. The third kappa shape index (κ3) is 2.63. The Hall–Kier alpha value is -0.770. The fourth-order valence-corrected chi connectivity index (χ4v) is 3.72. The first kappa shape index (κ1) is 12.3. The largest absolute Gasteiger partial charge is 0.381 e. The van der Waals surface area contributed by atoms with Crippen LogP contribution in [0.3, 0.4) is 0 Å². The molecule has 0 bridgehead atoms. The van der Waals surface area contributed by atoms with Gasteiger partial charge in [0.1, 0.15) is 0 Å². The maximum Gasteiger partial charge on any atom is 0.0379 e. The van der Waals surface area contributed by atoms with Crippen LogP contribution in [0.4, 0.5) is 5.69 Å². The second kappa shape index (κ2) is 5.47. The molecule has 0 heterocycles. The Balaban J connectivity index is 1.81. The minimum Gasteiger partial charge on any atom is -0.381 e. The zero-order valence-electron chi connectivity index (χ0n) is 10.4. The third-order valence-electron chi connectivity index (χ3n) is 3.78. The van der Waals surface area contributed by atoms with Crippen LogP contribution in [0.5, 0.6) is 0 Å². The number of alkyl halides is 1. The van der Waals surface area contributed by atoms with Crippen LogP contribution in [-0.4, -0.2) is 9.97 Å². The topological polar surface area (TPSA) is 12.0 Å². The molecule has 1 nitrogen and oxygen atoms in total. The normalized spacial score (nSPS) is 24.1. The van der Waals surface area contributed by atoms with E-state index in [9.17, 15) is 0 Å². The van der Waals surface area contributed by atoms with Gasteiger partial charge >= 0.3 is 0 Å². The predicted molar refractivity (Wildman–Crippen MR) is 87.6 cm³/mol. The smallest absolute Gasteiger partial charge is 0.0379 e. The van der Waals surface area contributed by atoms with Gasteiger partial charge in [0.25, 0.3) is 0 Å². The van der Waals surface area contributed by atoms with E-state index in [2.05, 4.69) is 70.4 Å². The summed E-state index contributed by atoms with van der Waals surface area (Å²) in [5.41, 5.74) is 1.27. The second-order valence-corrected chi connectivity index (χ2v) is 6.71. The van der Waals surface area contributed by atoms with Crippen LogP contribution < -0.4 is 5.32 Å². The Bertz CT molecular complexity index is 537. The van der Waals surface area contributed by atoms with Gasteiger partial charge in [-0.15, -0.1) is 0 Å². The Morgan fingerprint density at radius 3 is 2.56 bits per heavy atom. The molecule has 1 aliphatic rings. The zero-order chi connectivity index (χ0) is 12.4. The molecule has 1 fully saturated rings. The van der Waals surface area contributed by atoms with Crippen molar-refractivity contribution in [3.05, 3.63) is 42.5 Å². The molecule has 2 aromatic rings. The maximum absolute atomic E-state index is 3.72. The molecular weight excluding hydrogens is 333 g/mol. The monoisotopic (exact) mass is 351 g/mol. The lowest BCUT2D eigenvalue weighted by Crippen LogP contribution is -2.32. The first-order chi connectivity index (χ1) is 8.83. The van der Waals surface area contributed by atoms with Crippen molar-refractivity contribution in [1.29, 1.82) is 0 Å². The Morgan fingerprint density at radius 1 is 0.944 bits per heavy atom. The summed E-state index contributed by atoms with van der Waals surface area (Å²) in [6, 6.07) is 15.9. The number of fused-ring (bicyclic) bond motifs is 1. The first-order valence-electron chi connectivity index (χ1n) is 6.72. The van der Waals surface area contributed by atoms with Gasteiger partial charge < -0.3 is 5.32 Å². The van der Waals surface area contributed by atoms with Crippen molar-refractivity contribution >= 4 is 39.1 Å². The second-order valence-electron chi connectivity index (χ2n) is 5.11. The van der Waals surface area contributed by atoms with Crippen LogP contribution >= 0.6 is 22.6 Å². The van der Waals surface area contributed by atoms with E-state index in [1.165, 1.54) is 42.1 Å². The number of halogens is 1. The molecule has 0 aromatic heterocycles.